The molecule has 0 aliphatic rings. The van der Waals surface area contributed by atoms with Crippen LogP contribution in [0.2, 0.25) is 0 Å². The fraction of sp³-hybridized carbons (Fsp3) is 0.538. The molecule has 3 heteroatoms. The fourth-order valence-electron chi connectivity index (χ4n) is 1.64. The lowest BCUT2D eigenvalue weighted by molar-refractivity contribution is 0.211. The molecule has 0 saturated carbocycles. The third-order valence-electron chi connectivity index (χ3n) is 2.68. The first kappa shape index (κ1) is 13.1. The van der Waals surface area contributed by atoms with Crippen molar-refractivity contribution in [3.63, 3.8) is 0 Å². The van der Waals surface area contributed by atoms with Crippen LogP contribution in [0.1, 0.15) is 25.8 Å². The summed E-state index contributed by atoms with van der Waals surface area (Å²) in [5, 5.41) is 0. The summed E-state index contributed by atoms with van der Waals surface area (Å²) in [5.41, 5.74) is 6.66. The van der Waals surface area contributed by atoms with Gasteiger partial charge in [-0.05, 0) is 51.1 Å². The maximum atomic E-state index is 12.8. The summed E-state index contributed by atoms with van der Waals surface area (Å²) < 4.78 is 12.8. The second kappa shape index (κ2) is 6.61. The van der Waals surface area contributed by atoms with E-state index < -0.39 is 0 Å². The second-order valence-corrected chi connectivity index (χ2v) is 4.33. The van der Waals surface area contributed by atoms with E-state index in [9.17, 15) is 4.39 Å². The Morgan fingerprint density at radius 3 is 2.38 bits per heavy atom. The predicted octanol–water partition coefficient (Wildman–Crippen LogP) is 2.38. The highest BCUT2D eigenvalue weighted by atomic mass is 19.1. The molecule has 2 N–H and O–H groups in total. The molecule has 1 aromatic rings. The molecule has 0 amide bonds. The van der Waals surface area contributed by atoms with E-state index >= 15 is 0 Å². The van der Waals surface area contributed by atoms with Crippen LogP contribution in [0.5, 0.6) is 0 Å². The summed E-state index contributed by atoms with van der Waals surface area (Å²) in [4.78, 5) is 2.35. The van der Waals surface area contributed by atoms with E-state index in [1.165, 1.54) is 12.1 Å². The molecule has 0 saturated heterocycles. The Bertz CT molecular complexity index is 295. The van der Waals surface area contributed by atoms with Gasteiger partial charge in [-0.3, -0.25) is 4.90 Å². The van der Waals surface area contributed by atoms with Gasteiger partial charge in [-0.2, -0.15) is 0 Å². The Hall–Kier alpha value is -0.930. The smallest absolute Gasteiger partial charge is 0.123 e. The lowest BCUT2D eigenvalue weighted by Gasteiger charge is -2.26. The molecular formula is C13H21FN2. The summed E-state index contributed by atoms with van der Waals surface area (Å²) in [7, 11) is 0. The molecule has 90 valence electrons. The molecule has 0 spiro atoms. The summed E-state index contributed by atoms with van der Waals surface area (Å²) in [6.45, 7) is 6.90. The Labute approximate surface area is 97.3 Å². The number of hydrogen-bond donors (Lipinski definition) is 1. The van der Waals surface area contributed by atoms with E-state index in [0.29, 0.717) is 12.6 Å². The standard InChI is InChI=1S/C13H21FN2/c1-11(2)16(9-3-8-15)10-12-4-6-13(14)7-5-12/h4-7,11H,3,8-10,15H2,1-2H3. The zero-order chi connectivity index (χ0) is 12.0. The molecule has 0 bridgehead atoms. The van der Waals surface area contributed by atoms with Crippen LogP contribution >= 0.6 is 0 Å². The van der Waals surface area contributed by atoms with Gasteiger partial charge in [0.2, 0.25) is 0 Å². The molecule has 1 aromatic carbocycles. The summed E-state index contributed by atoms with van der Waals surface area (Å²) >= 11 is 0. The molecule has 1 rings (SSSR count). The third-order valence-corrected chi connectivity index (χ3v) is 2.68. The SMILES string of the molecule is CC(C)N(CCCN)Cc1ccc(F)cc1. The van der Waals surface area contributed by atoms with Crippen LogP contribution in [-0.4, -0.2) is 24.0 Å². The zero-order valence-electron chi connectivity index (χ0n) is 10.1. The van der Waals surface area contributed by atoms with E-state index in [1.54, 1.807) is 0 Å². The van der Waals surface area contributed by atoms with E-state index in [2.05, 4.69) is 18.7 Å². The number of hydrogen-bond acceptors (Lipinski definition) is 2. The lowest BCUT2D eigenvalue weighted by atomic mass is 10.2. The van der Waals surface area contributed by atoms with Gasteiger partial charge in [0.05, 0.1) is 0 Å². The van der Waals surface area contributed by atoms with Gasteiger partial charge in [0, 0.05) is 12.6 Å². The van der Waals surface area contributed by atoms with Crippen molar-refractivity contribution in [2.75, 3.05) is 13.1 Å². The minimum Gasteiger partial charge on any atom is -0.330 e. The molecule has 0 aliphatic carbocycles. The Balaban J connectivity index is 2.57. The molecule has 2 nitrogen and oxygen atoms in total. The van der Waals surface area contributed by atoms with Crippen molar-refractivity contribution in [1.29, 1.82) is 0 Å². The maximum absolute atomic E-state index is 12.8. The van der Waals surface area contributed by atoms with Crippen molar-refractivity contribution >= 4 is 0 Å². The fourth-order valence-corrected chi connectivity index (χ4v) is 1.64. The van der Waals surface area contributed by atoms with Gasteiger partial charge in [-0.25, -0.2) is 4.39 Å². The van der Waals surface area contributed by atoms with Crippen molar-refractivity contribution in [3.05, 3.63) is 35.6 Å². The predicted molar refractivity (Wildman–Crippen MR) is 65.6 cm³/mol. The number of nitrogens with two attached hydrogens (primary N) is 1. The average Bonchev–Trinajstić information content (AvgIpc) is 2.26. The highest BCUT2D eigenvalue weighted by Gasteiger charge is 2.09. The van der Waals surface area contributed by atoms with Crippen LogP contribution in [0.25, 0.3) is 0 Å². The summed E-state index contributed by atoms with van der Waals surface area (Å²) in [6.07, 6.45) is 0.999. The first-order valence-electron chi connectivity index (χ1n) is 5.82. The van der Waals surface area contributed by atoms with Crippen LogP contribution in [0, 0.1) is 5.82 Å². The molecule has 0 aromatic heterocycles. The average molecular weight is 224 g/mol. The number of nitrogens with zero attached hydrogens (tertiary/aromatic N) is 1. The molecule has 0 atom stereocenters. The van der Waals surface area contributed by atoms with Gasteiger partial charge < -0.3 is 5.73 Å². The third kappa shape index (κ3) is 4.29. The van der Waals surface area contributed by atoms with Gasteiger partial charge in [0.15, 0.2) is 0 Å². The van der Waals surface area contributed by atoms with Gasteiger partial charge in [-0.1, -0.05) is 12.1 Å². The van der Waals surface area contributed by atoms with Gasteiger partial charge in [-0.15, -0.1) is 0 Å². The van der Waals surface area contributed by atoms with Crippen LogP contribution in [0.4, 0.5) is 4.39 Å². The van der Waals surface area contributed by atoms with E-state index in [4.69, 9.17) is 5.73 Å². The molecule has 0 fully saturated rings. The zero-order valence-corrected chi connectivity index (χ0v) is 10.1. The van der Waals surface area contributed by atoms with Crippen LogP contribution < -0.4 is 5.73 Å². The second-order valence-electron chi connectivity index (χ2n) is 4.33. The highest BCUT2D eigenvalue weighted by molar-refractivity contribution is 5.15. The molecule has 0 radical (unpaired) electrons. The van der Waals surface area contributed by atoms with Gasteiger partial charge in [0.25, 0.3) is 0 Å². The molecule has 16 heavy (non-hydrogen) atoms. The summed E-state index contributed by atoms with van der Waals surface area (Å²) in [6, 6.07) is 7.19. The largest absolute Gasteiger partial charge is 0.330 e. The van der Waals surface area contributed by atoms with E-state index in [1.807, 2.05) is 12.1 Å². The molecule has 0 unspecified atom stereocenters. The van der Waals surface area contributed by atoms with Crippen LogP contribution in [0.3, 0.4) is 0 Å². The summed E-state index contributed by atoms with van der Waals surface area (Å²) in [5.74, 6) is -0.179. The minimum atomic E-state index is -0.179. The number of benzene rings is 1. The van der Waals surface area contributed by atoms with Crippen molar-refractivity contribution in [2.24, 2.45) is 5.73 Å². The molecule has 0 heterocycles. The normalized spacial score (nSPS) is 11.4. The van der Waals surface area contributed by atoms with Crippen molar-refractivity contribution in [3.8, 4) is 0 Å². The molecular weight excluding hydrogens is 203 g/mol. The monoisotopic (exact) mass is 224 g/mol. The van der Waals surface area contributed by atoms with E-state index in [0.717, 1.165) is 25.1 Å². The Kier molecular flexibility index (Phi) is 5.43. The van der Waals surface area contributed by atoms with Crippen LogP contribution in [0.15, 0.2) is 24.3 Å². The minimum absolute atomic E-state index is 0.179. The van der Waals surface area contributed by atoms with Crippen LogP contribution in [-0.2, 0) is 6.54 Å². The first-order valence-corrected chi connectivity index (χ1v) is 5.82. The van der Waals surface area contributed by atoms with Crippen molar-refractivity contribution in [1.82, 2.24) is 4.90 Å². The first-order chi connectivity index (χ1) is 7.63. The Morgan fingerprint density at radius 2 is 1.88 bits per heavy atom. The van der Waals surface area contributed by atoms with Crippen molar-refractivity contribution < 1.29 is 4.39 Å². The number of halogens is 1. The van der Waals surface area contributed by atoms with Gasteiger partial charge >= 0.3 is 0 Å². The van der Waals surface area contributed by atoms with Crippen molar-refractivity contribution in [2.45, 2.75) is 32.9 Å². The topological polar surface area (TPSA) is 29.3 Å². The highest BCUT2D eigenvalue weighted by Crippen LogP contribution is 2.09. The van der Waals surface area contributed by atoms with Gasteiger partial charge in [0.1, 0.15) is 5.82 Å². The molecule has 0 aliphatic heterocycles. The quantitative estimate of drug-likeness (QED) is 0.804. The lowest BCUT2D eigenvalue weighted by Crippen LogP contribution is -2.32. The Morgan fingerprint density at radius 1 is 1.25 bits per heavy atom. The number of rotatable bonds is 6. The maximum Gasteiger partial charge on any atom is 0.123 e. The van der Waals surface area contributed by atoms with E-state index in [-0.39, 0.29) is 5.82 Å².